The molecule has 1 aromatic carbocycles. The molecule has 6 heteroatoms. The Morgan fingerprint density at radius 1 is 1.48 bits per heavy atom. The van der Waals surface area contributed by atoms with Crippen molar-refractivity contribution in [2.24, 2.45) is 5.41 Å². The highest BCUT2D eigenvalue weighted by molar-refractivity contribution is 5.97. The van der Waals surface area contributed by atoms with Gasteiger partial charge in [0.25, 0.3) is 5.91 Å². The summed E-state index contributed by atoms with van der Waals surface area (Å²) >= 11 is 0. The standard InChI is InChI=1S/C17H24N2O4/c1-22-12-2-3-14(15(20)8-12)16(21)19-10-13-9-17(11-23-13)4-6-18-7-5-17/h2-3,8,13,18,20H,4-7,9-11H2,1H3,(H,19,21). The van der Waals surface area contributed by atoms with Crippen molar-refractivity contribution in [1.82, 2.24) is 10.6 Å². The van der Waals surface area contributed by atoms with E-state index in [0.717, 1.165) is 39.0 Å². The first-order valence-electron chi connectivity index (χ1n) is 8.09. The fourth-order valence-corrected chi connectivity index (χ4v) is 3.46. The summed E-state index contributed by atoms with van der Waals surface area (Å²) in [5.74, 6) is 0.148. The Bertz CT molecular complexity index is 570. The quantitative estimate of drug-likeness (QED) is 0.779. The second-order valence-electron chi connectivity index (χ2n) is 6.48. The number of carbonyl (C=O) groups is 1. The number of benzene rings is 1. The average Bonchev–Trinajstić information content (AvgIpc) is 2.95. The van der Waals surface area contributed by atoms with Gasteiger partial charge in [0.05, 0.1) is 25.4 Å². The van der Waals surface area contributed by atoms with Crippen LogP contribution in [0.15, 0.2) is 18.2 Å². The van der Waals surface area contributed by atoms with Gasteiger partial charge in [0.1, 0.15) is 11.5 Å². The smallest absolute Gasteiger partial charge is 0.255 e. The van der Waals surface area contributed by atoms with Crippen molar-refractivity contribution < 1.29 is 19.4 Å². The van der Waals surface area contributed by atoms with Crippen molar-refractivity contribution in [1.29, 1.82) is 0 Å². The molecule has 3 rings (SSSR count). The van der Waals surface area contributed by atoms with E-state index >= 15 is 0 Å². The number of phenolic OH excluding ortho intramolecular Hbond substituents is 1. The summed E-state index contributed by atoms with van der Waals surface area (Å²) < 4.78 is 10.9. The van der Waals surface area contributed by atoms with Crippen molar-refractivity contribution in [3.05, 3.63) is 23.8 Å². The lowest BCUT2D eigenvalue weighted by molar-refractivity contribution is 0.0780. The number of rotatable bonds is 4. The maximum atomic E-state index is 12.2. The van der Waals surface area contributed by atoms with Gasteiger partial charge in [-0.3, -0.25) is 4.79 Å². The van der Waals surface area contributed by atoms with Crippen molar-refractivity contribution in [3.8, 4) is 11.5 Å². The summed E-state index contributed by atoms with van der Waals surface area (Å²) in [5, 5.41) is 16.1. The number of amides is 1. The van der Waals surface area contributed by atoms with Gasteiger partial charge in [0.15, 0.2) is 0 Å². The topological polar surface area (TPSA) is 79.8 Å². The van der Waals surface area contributed by atoms with Crippen LogP contribution in [0.4, 0.5) is 0 Å². The van der Waals surface area contributed by atoms with Crippen LogP contribution in [0.1, 0.15) is 29.6 Å². The van der Waals surface area contributed by atoms with Crippen molar-refractivity contribution >= 4 is 5.91 Å². The number of nitrogens with one attached hydrogen (secondary N) is 2. The van der Waals surface area contributed by atoms with Crippen LogP contribution in [0.3, 0.4) is 0 Å². The fourth-order valence-electron chi connectivity index (χ4n) is 3.46. The van der Waals surface area contributed by atoms with E-state index < -0.39 is 0 Å². The third-order valence-corrected chi connectivity index (χ3v) is 4.89. The molecule has 0 aliphatic carbocycles. The highest BCUT2D eigenvalue weighted by atomic mass is 16.5. The molecule has 6 nitrogen and oxygen atoms in total. The predicted octanol–water partition coefficient (Wildman–Crippen LogP) is 1.29. The van der Waals surface area contributed by atoms with Crippen LogP contribution in [0.25, 0.3) is 0 Å². The highest BCUT2D eigenvalue weighted by Crippen LogP contribution is 2.40. The molecule has 0 aromatic heterocycles. The molecular weight excluding hydrogens is 296 g/mol. The van der Waals surface area contributed by atoms with Crippen LogP contribution in [0.2, 0.25) is 0 Å². The van der Waals surface area contributed by atoms with E-state index in [0.29, 0.717) is 12.3 Å². The molecular formula is C17H24N2O4. The first-order chi connectivity index (χ1) is 11.1. The van der Waals surface area contributed by atoms with E-state index in [2.05, 4.69) is 10.6 Å². The zero-order chi connectivity index (χ0) is 16.3. The first kappa shape index (κ1) is 16.1. The monoisotopic (exact) mass is 320 g/mol. The molecule has 2 fully saturated rings. The molecule has 1 spiro atoms. The Morgan fingerprint density at radius 2 is 2.26 bits per heavy atom. The molecule has 23 heavy (non-hydrogen) atoms. The van der Waals surface area contributed by atoms with Crippen LogP contribution in [0, 0.1) is 5.41 Å². The highest BCUT2D eigenvalue weighted by Gasteiger charge is 2.40. The third kappa shape index (κ3) is 3.59. The largest absolute Gasteiger partial charge is 0.507 e. The van der Waals surface area contributed by atoms with Crippen molar-refractivity contribution in [2.45, 2.75) is 25.4 Å². The Balaban J connectivity index is 1.53. The van der Waals surface area contributed by atoms with E-state index in [-0.39, 0.29) is 28.7 Å². The lowest BCUT2D eigenvalue weighted by atomic mass is 9.77. The van der Waals surface area contributed by atoms with E-state index in [1.54, 1.807) is 12.1 Å². The van der Waals surface area contributed by atoms with Gasteiger partial charge in [0.2, 0.25) is 0 Å². The molecule has 1 atom stereocenters. The van der Waals surface area contributed by atoms with E-state index in [4.69, 9.17) is 9.47 Å². The molecule has 2 aliphatic rings. The van der Waals surface area contributed by atoms with Crippen LogP contribution >= 0.6 is 0 Å². The van der Waals surface area contributed by atoms with Gasteiger partial charge in [0, 0.05) is 12.6 Å². The summed E-state index contributed by atoms with van der Waals surface area (Å²) in [7, 11) is 1.52. The molecule has 1 unspecified atom stereocenters. The molecule has 0 radical (unpaired) electrons. The first-order valence-corrected chi connectivity index (χ1v) is 8.09. The summed E-state index contributed by atoms with van der Waals surface area (Å²) in [6, 6.07) is 4.66. The Labute approximate surface area is 136 Å². The van der Waals surface area contributed by atoms with Crippen molar-refractivity contribution in [3.63, 3.8) is 0 Å². The van der Waals surface area contributed by atoms with Crippen LogP contribution in [-0.4, -0.2) is 50.5 Å². The van der Waals surface area contributed by atoms with Crippen LogP contribution < -0.4 is 15.4 Å². The maximum Gasteiger partial charge on any atom is 0.255 e. The minimum atomic E-state index is -0.292. The number of hydrogen-bond donors (Lipinski definition) is 3. The van der Waals surface area contributed by atoms with Gasteiger partial charge in [-0.05, 0) is 49.9 Å². The lowest BCUT2D eigenvalue weighted by Gasteiger charge is -2.32. The molecule has 1 amide bonds. The molecule has 2 heterocycles. The maximum absolute atomic E-state index is 12.2. The number of carbonyl (C=O) groups excluding carboxylic acids is 1. The third-order valence-electron chi connectivity index (χ3n) is 4.89. The number of aromatic hydroxyl groups is 1. The summed E-state index contributed by atoms with van der Waals surface area (Å²) in [6.45, 7) is 3.34. The van der Waals surface area contributed by atoms with Gasteiger partial charge < -0.3 is 25.2 Å². The predicted molar refractivity (Wildman–Crippen MR) is 85.9 cm³/mol. The summed E-state index contributed by atoms with van der Waals surface area (Å²) in [5.41, 5.74) is 0.531. The fraction of sp³-hybridized carbons (Fsp3) is 0.588. The SMILES string of the molecule is COc1ccc(C(=O)NCC2CC3(CCNCC3)CO2)c(O)c1. The normalized spacial score (nSPS) is 22.9. The number of piperidine rings is 1. The van der Waals surface area contributed by atoms with Crippen LogP contribution in [0.5, 0.6) is 11.5 Å². The molecule has 1 aromatic rings. The number of hydrogen-bond acceptors (Lipinski definition) is 5. The van der Waals surface area contributed by atoms with Gasteiger partial charge in [-0.2, -0.15) is 0 Å². The lowest BCUT2D eigenvalue weighted by Crippen LogP contribution is -2.38. The zero-order valence-corrected chi connectivity index (χ0v) is 13.4. The van der Waals surface area contributed by atoms with Gasteiger partial charge in [-0.15, -0.1) is 0 Å². The number of ether oxygens (including phenoxy) is 2. The Kier molecular flexibility index (Phi) is 4.73. The summed E-state index contributed by atoms with van der Waals surface area (Å²) in [4.78, 5) is 12.2. The van der Waals surface area contributed by atoms with Gasteiger partial charge in [-0.1, -0.05) is 0 Å². The second kappa shape index (κ2) is 6.76. The minimum absolute atomic E-state index is 0.0532. The molecule has 126 valence electrons. The van der Waals surface area contributed by atoms with E-state index in [1.165, 1.54) is 13.2 Å². The average molecular weight is 320 g/mol. The van der Waals surface area contributed by atoms with E-state index in [1.807, 2.05) is 0 Å². The Morgan fingerprint density at radius 3 is 2.96 bits per heavy atom. The molecule has 0 saturated carbocycles. The molecule has 2 saturated heterocycles. The molecule has 0 bridgehead atoms. The van der Waals surface area contributed by atoms with Gasteiger partial charge in [-0.25, -0.2) is 0 Å². The van der Waals surface area contributed by atoms with Crippen LogP contribution in [-0.2, 0) is 4.74 Å². The van der Waals surface area contributed by atoms with Gasteiger partial charge >= 0.3 is 0 Å². The van der Waals surface area contributed by atoms with Crippen molar-refractivity contribution in [2.75, 3.05) is 33.4 Å². The molecule has 3 N–H and O–H groups in total. The minimum Gasteiger partial charge on any atom is -0.507 e. The Hall–Kier alpha value is -1.79. The zero-order valence-electron chi connectivity index (χ0n) is 13.4. The molecule has 2 aliphatic heterocycles. The number of phenols is 1. The van der Waals surface area contributed by atoms with E-state index in [9.17, 15) is 9.90 Å². The second-order valence-corrected chi connectivity index (χ2v) is 6.48. The number of methoxy groups -OCH3 is 1. The summed E-state index contributed by atoms with van der Waals surface area (Å²) in [6.07, 6.45) is 3.31.